The van der Waals surface area contributed by atoms with Crippen LogP contribution in [-0.4, -0.2) is 29.1 Å². The topological polar surface area (TPSA) is 65.5 Å². The lowest BCUT2D eigenvalue weighted by Gasteiger charge is -2.23. The third-order valence-electron chi connectivity index (χ3n) is 2.44. The van der Waals surface area contributed by atoms with E-state index in [1.54, 1.807) is 40.0 Å². The summed E-state index contributed by atoms with van der Waals surface area (Å²) in [6, 6.07) is 1.79. The lowest BCUT2D eigenvalue weighted by Crippen LogP contribution is -2.33. The van der Waals surface area contributed by atoms with Crippen molar-refractivity contribution >= 4 is 27.9 Å². The first-order valence-electron chi connectivity index (χ1n) is 6.67. The number of rotatable bonds is 4. The minimum Gasteiger partial charge on any atom is -0.465 e. The van der Waals surface area contributed by atoms with E-state index in [2.05, 4.69) is 20.9 Å². The van der Waals surface area contributed by atoms with Gasteiger partial charge in [-0.15, -0.1) is 0 Å². The number of carbonyl (C=O) groups is 2. The molecule has 0 aliphatic heterocycles. The molecule has 0 spiro atoms. The predicted octanol–water partition coefficient (Wildman–Crippen LogP) is 3.14. The molecule has 0 amide bonds. The Labute approximate surface area is 133 Å². The quantitative estimate of drug-likeness (QED) is 0.611. The van der Waals surface area contributed by atoms with Crippen LogP contribution in [0, 0.1) is 6.92 Å². The van der Waals surface area contributed by atoms with E-state index in [9.17, 15) is 9.59 Å². The minimum absolute atomic E-state index is 0.182. The van der Waals surface area contributed by atoms with Crippen molar-refractivity contribution in [1.29, 1.82) is 0 Å². The maximum Gasteiger partial charge on any atom is 0.327 e. The van der Waals surface area contributed by atoms with Crippen LogP contribution in [0.25, 0.3) is 0 Å². The van der Waals surface area contributed by atoms with E-state index >= 15 is 0 Å². The van der Waals surface area contributed by atoms with Gasteiger partial charge in [0.15, 0.2) is 5.92 Å². The number of aryl methyl sites for hydroxylation is 1. The van der Waals surface area contributed by atoms with Crippen LogP contribution in [-0.2, 0) is 19.1 Å². The van der Waals surface area contributed by atoms with Gasteiger partial charge in [-0.2, -0.15) is 0 Å². The number of hydrogen-bond donors (Lipinski definition) is 0. The number of nitrogens with zero attached hydrogens (tertiary/aromatic N) is 1. The normalized spacial score (nSPS) is 12.7. The van der Waals surface area contributed by atoms with Crippen molar-refractivity contribution in [2.45, 2.75) is 46.1 Å². The van der Waals surface area contributed by atoms with Crippen molar-refractivity contribution in [3.8, 4) is 0 Å². The highest BCUT2D eigenvalue weighted by Crippen LogP contribution is 2.27. The summed E-state index contributed by atoms with van der Waals surface area (Å²) in [6.45, 7) is 8.96. The smallest absolute Gasteiger partial charge is 0.327 e. The molecule has 0 N–H and O–H groups in total. The second kappa shape index (κ2) is 7.02. The van der Waals surface area contributed by atoms with Crippen LogP contribution in [0.5, 0.6) is 0 Å². The minimum atomic E-state index is -1.20. The van der Waals surface area contributed by atoms with Crippen molar-refractivity contribution in [2.24, 2.45) is 0 Å². The molecule has 0 bridgehead atoms. The molecule has 1 aromatic heterocycles. The molecular weight excluding hydrogens is 338 g/mol. The van der Waals surface area contributed by atoms with Gasteiger partial charge in [0, 0.05) is 10.7 Å². The van der Waals surface area contributed by atoms with Crippen LogP contribution < -0.4 is 0 Å². The van der Waals surface area contributed by atoms with Crippen molar-refractivity contribution in [1.82, 2.24) is 4.98 Å². The standard InChI is InChI=1S/C15H20BrNO4/c1-6-20-13(18)11(14(19)21-15(3,4)5)12-10(16)7-9(2)8-17-12/h7-8,11H,6H2,1-5H3. The largest absolute Gasteiger partial charge is 0.465 e. The van der Waals surface area contributed by atoms with Gasteiger partial charge < -0.3 is 9.47 Å². The molecule has 0 aromatic carbocycles. The summed E-state index contributed by atoms with van der Waals surface area (Å²) in [4.78, 5) is 28.6. The SMILES string of the molecule is CCOC(=O)C(C(=O)OC(C)(C)C)c1ncc(C)cc1Br. The molecule has 1 atom stereocenters. The molecule has 0 radical (unpaired) electrons. The van der Waals surface area contributed by atoms with E-state index in [1.165, 1.54) is 0 Å². The first-order valence-corrected chi connectivity index (χ1v) is 7.46. The molecular formula is C15H20BrNO4. The predicted molar refractivity (Wildman–Crippen MR) is 81.9 cm³/mol. The number of ether oxygens (including phenoxy) is 2. The van der Waals surface area contributed by atoms with E-state index in [1.807, 2.05) is 6.92 Å². The van der Waals surface area contributed by atoms with E-state index in [4.69, 9.17) is 9.47 Å². The average molecular weight is 358 g/mol. The van der Waals surface area contributed by atoms with Gasteiger partial charge in [0.05, 0.1) is 12.3 Å². The number of esters is 2. The molecule has 0 aliphatic rings. The van der Waals surface area contributed by atoms with Gasteiger partial charge in [0.2, 0.25) is 0 Å². The second-order valence-electron chi connectivity index (χ2n) is 5.60. The molecule has 1 unspecified atom stereocenters. The summed E-state index contributed by atoms with van der Waals surface area (Å²) in [5, 5.41) is 0. The van der Waals surface area contributed by atoms with Gasteiger partial charge in [-0.3, -0.25) is 14.6 Å². The second-order valence-corrected chi connectivity index (χ2v) is 6.45. The van der Waals surface area contributed by atoms with Crippen LogP contribution in [0.4, 0.5) is 0 Å². The molecule has 1 rings (SSSR count). The first kappa shape index (κ1) is 17.6. The Bertz CT molecular complexity index is 537. The summed E-state index contributed by atoms with van der Waals surface area (Å²) in [6.07, 6.45) is 1.59. The fourth-order valence-electron chi connectivity index (χ4n) is 1.66. The number of halogens is 1. The molecule has 21 heavy (non-hydrogen) atoms. The summed E-state index contributed by atoms with van der Waals surface area (Å²) >= 11 is 3.34. The van der Waals surface area contributed by atoms with Crippen LogP contribution in [0.2, 0.25) is 0 Å². The average Bonchev–Trinajstić information content (AvgIpc) is 2.30. The molecule has 0 saturated heterocycles. The number of aromatic nitrogens is 1. The van der Waals surface area contributed by atoms with E-state index in [0.29, 0.717) is 10.2 Å². The Morgan fingerprint density at radius 1 is 1.33 bits per heavy atom. The molecule has 1 heterocycles. The van der Waals surface area contributed by atoms with Crippen molar-refractivity contribution in [2.75, 3.05) is 6.61 Å². The van der Waals surface area contributed by atoms with Gasteiger partial charge in [-0.05, 0) is 62.2 Å². The van der Waals surface area contributed by atoms with Crippen LogP contribution in [0.15, 0.2) is 16.7 Å². The van der Waals surface area contributed by atoms with Gasteiger partial charge in [0.25, 0.3) is 0 Å². The van der Waals surface area contributed by atoms with Gasteiger partial charge >= 0.3 is 11.9 Å². The zero-order chi connectivity index (χ0) is 16.2. The van der Waals surface area contributed by atoms with Crippen molar-refractivity contribution < 1.29 is 19.1 Å². The third-order valence-corrected chi connectivity index (χ3v) is 3.08. The fourth-order valence-corrected chi connectivity index (χ4v) is 2.35. The maximum absolute atomic E-state index is 12.3. The highest BCUT2D eigenvalue weighted by atomic mass is 79.9. The van der Waals surface area contributed by atoms with E-state index < -0.39 is 23.5 Å². The van der Waals surface area contributed by atoms with E-state index in [0.717, 1.165) is 5.56 Å². The molecule has 116 valence electrons. The van der Waals surface area contributed by atoms with Crippen molar-refractivity contribution in [3.63, 3.8) is 0 Å². The number of pyridine rings is 1. The Hall–Kier alpha value is -1.43. The Kier molecular flexibility index (Phi) is 5.89. The summed E-state index contributed by atoms with van der Waals surface area (Å²) in [5.41, 5.74) is 0.518. The van der Waals surface area contributed by atoms with Crippen LogP contribution >= 0.6 is 15.9 Å². The van der Waals surface area contributed by atoms with Crippen LogP contribution in [0.3, 0.4) is 0 Å². The highest BCUT2D eigenvalue weighted by molar-refractivity contribution is 9.10. The molecule has 0 aliphatic carbocycles. The molecule has 5 nitrogen and oxygen atoms in total. The molecule has 6 heteroatoms. The zero-order valence-corrected chi connectivity index (χ0v) is 14.5. The fraction of sp³-hybridized carbons (Fsp3) is 0.533. The van der Waals surface area contributed by atoms with Crippen LogP contribution in [0.1, 0.15) is 44.9 Å². The molecule has 0 fully saturated rings. The Morgan fingerprint density at radius 2 is 1.95 bits per heavy atom. The Balaban J connectivity index is 3.19. The van der Waals surface area contributed by atoms with E-state index in [-0.39, 0.29) is 6.61 Å². The van der Waals surface area contributed by atoms with Gasteiger partial charge in [-0.1, -0.05) is 0 Å². The van der Waals surface area contributed by atoms with Crippen molar-refractivity contribution in [3.05, 3.63) is 28.0 Å². The monoisotopic (exact) mass is 357 g/mol. The number of carbonyl (C=O) groups excluding carboxylic acids is 2. The molecule has 1 aromatic rings. The molecule has 0 saturated carbocycles. The van der Waals surface area contributed by atoms with Gasteiger partial charge in [0.1, 0.15) is 5.60 Å². The lowest BCUT2D eigenvalue weighted by molar-refractivity contribution is -0.164. The third kappa shape index (κ3) is 5.12. The zero-order valence-electron chi connectivity index (χ0n) is 12.9. The number of hydrogen-bond acceptors (Lipinski definition) is 5. The highest BCUT2D eigenvalue weighted by Gasteiger charge is 2.36. The maximum atomic E-state index is 12.3. The summed E-state index contributed by atoms with van der Waals surface area (Å²) in [5.74, 6) is -2.53. The Morgan fingerprint density at radius 3 is 2.43 bits per heavy atom. The summed E-state index contributed by atoms with van der Waals surface area (Å²) < 4.78 is 10.9. The first-order chi connectivity index (χ1) is 9.65. The summed E-state index contributed by atoms with van der Waals surface area (Å²) in [7, 11) is 0. The lowest BCUT2D eigenvalue weighted by atomic mass is 10.0. The van der Waals surface area contributed by atoms with Gasteiger partial charge in [-0.25, -0.2) is 0 Å².